The summed E-state index contributed by atoms with van der Waals surface area (Å²) >= 11 is 0. The van der Waals surface area contributed by atoms with Crippen molar-refractivity contribution in [1.29, 1.82) is 0 Å². The van der Waals surface area contributed by atoms with Crippen LogP contribution in [0.5, 0.6) is 0 Å². The maximum absolute atomic E-state index is 8.50. The monoisotopic (exact) mass is 124 g/mol. The Hall–Kier alpha value is -0.760. The van der Waals surface area contributed by atoms with Gasteiger partial charge in [-0.25, -0.2) is 0 Å². The van der Waals surface area contributed by atoms with Gasteiger partial charge in [0.25, 0.3) is 0 Å². The van der Waals surface area contributed by atoms with Gasteiger partial charge >= 0.3 is 0 Å². The summed E-state index contributed by atoms with van der Waals surface area (Å²) in [5.74, 6) is 0. The number of hydrogen-bond acceptors (Lipinski definition) is 2. The van der Waals surface area contributed by atoms with Crippen molar-refractivity contribution in [2.75, 3.05) is 19.7 Å². The number of allylic oxidation sites excluding steroid dienone is 2. The highest BCUT2D eigenvalue weighted by atomic mass is 16.3. The minimum Gasteiger partial charge on any atom is -0.395 e. The zero-order valence-corrected chi connectivity index (χ0v) is 5.25. The van der Waals surface area contributed by atoms with Crippen molar-refractivity contribution in [3.05, 3.63) is 24.4 Å². The van der Waals surface area contributed by atoms with E-state index in [0.29, 0.717) is 6.54 Å². The van der Waals surface area contributed by atoms with Crippen LogP contribution in [-0.2, 0) is 0 Å². The second kappa shape index (κ2) is 3.30. The predicted molar refractivity (Wildman–Crippen MR) is 35.6 cm³/mol. The van der Waals surface area contributed by atoms with Crippen LogP contribution in [0.2, 0.25) is 0 Å². The Kier molecular flexibility index (Phi) is 2.33. The van der Waals surface area contributed by atoms with E-state index < -0.39 is 0 Å². The van der Waals surface area contributed by atoms with E-state index in [-0.39, 0.29) is 6.61 Å². The number of nitrogens with zero attached hydrogens (tertiary/aromatic N) is 1. The molecule has 0 saturated heterocycles. The van der Waals surface area contributed by atoms with Crippen molar-refractivity contribution in [3.8, 4) is 0 Å². The molecule has 0 spiro atoms. The van der Waals surface area contributed by atoms with Gasteiger partial charge in [-0.05, 0) is 6.08 Å². The number of aliphatic hydroxyl groups excluding tert-OH is 1. The van der Waals surface area contributed by atoms with Crippen molar-refractivity contribution in [2.45, 2.75) is 0 Å². The minimum atomic E-state index is 0.203. The number of rotatable bonds is 2. The topological polar surface area (TPSA) is 23.5 Å². The van der Waals surface area contributed by atoms with Crippen LogP contribution in [-0.4, -0.2) is 29.7 Å². The van der Waals surface area contributed by atoms with Gasteiger partial charge in [0.05, 0.1) is 12.8 Å². The first-order chi connectivity index (χ1) is 4.43. The Morgan fingerprint density at radius 2 is 2.56 bits per heavy atom. The van der Waals surface area contributed by atoms with Gasteiger partial charge < -0.3 is 10.0 Å². The quantitative estimate of drug-likeness (QED) is 0.567. The SMILES string of the molecule is OCCN1[C]=CC=CC1. The van der Waals surface area contributed by atoms with Crippen molar-refractivity contribution in [3.63, 3.8) is 0 Å². The summed E-state index contributed by atoms with van der Waals surface area (Å²) in [6, 6.07) is 0. The van der Waals surface area contributed by atoms with E-state index in [2.05, 4.69) is 6.20 Å². The average Bonchev–Trinajstić information content (AvgIpc) is 1.91. The maximum atomic E-state index is 8.50. The molecule has 0 aromatic rings. The molecule has 9 heavy (non-hydrogen) atoms. The molecule has 0 amide bonds. The fourth-order valence-electron chi connectivity index (χ4n) is 0.734. The lowest BCUT2D eigenvalue weighted by atomic mass is 10.3. The third kappa shape index (κ3) is 1.90. The standard InChI is InChI=1S/C7H10NO/c9-7-6-8-4-2-1-3-5-8/h1-3,9H,4,6-7H2. The molecule has 1 rings (SSSR count). The molecule has 1 aliphatic heterocycles. The van der Waals surface area contributed by atoms with Gasteiger partial charge in [0, 0.05) is 13.1 Å². The van der Waals surface area contributed by atoms with Crippen molar-refractivity contribution in [2.24, 2.45) is 0 Å². The molecule has 1 radical (unpaired) electrons. The summed E-state index contributed by atoms with van der Waals surface area (Å²) in [5.41, 5.74) is 0. The highest BCUT2D eigenvalue weighted by Crippen LogP contribution is 1.94. The van der Waals surface area contributed by atoms with Crippen LogP contribution in [0.1, 0.15) is 0 Å². The summed E-state index contributed by atoms with van der Waals surface area (Å²) in [4.78, 5) is 1.93. The first kappa shape index (κ1) is 6.36. The first-order valence-electron chi connectivity index (χ1n) is 3.04. The molecule has 0 atom stereocenters. The Morgan fingerprint density at radius 1 is 1.67 bits per heavy atom. The van der Waals surface area contributed by atoms with Crippen LogP contribution < -0.4 is 0 Å². The zero-order valence-electron chi connectivity index (χ0n) is 5.25. The first-order valence-corrected chi connectivity index (χ1v) is 3.04. The fourth-order valence-corrected chi connectivity index (χ4v) is 0.734. The normalized spacial score (nSPS) is 16.8. The van der Waals surface area contributed by atoms with E-state index in [0.717, 1.165) is 6.54 Å². The second-order valence-corrected chi connectivity index (χ2v) is 1.89. The van der Waals surface area contributed by atoms with Crippen molar-refractivity contribution < 1.29 is 5.11 Å². The van der Waals surface area contributed by atoms with Gasteiger partial charge in [-0.15, -0.1) is 0 Å². The molecule has 0 unspecified atom stereocenters. The Bertz CT molecular complexity index is 129. The van der Waals surface area contributed by atoms with Gasteiger partial charge in [-0.1, -0.05) is 12.2 Å². The highest BCUT2D eigenvalue weighted by molar-refractivity contribution is 5.04. The lowest BCUT2D eigenvalue weighted by Gasteiger charge is -2.17. The van der Waals surface area contributed by atoms with Crippen LogP contribution >= 0.6 is 0 Å². The molecule has 0 fully saturated rings. The molecule has 0 saturated carbocycles. The second-order valence-electron chi connectivity index (χ2n) is 1.89. The molecule has 0 aromatic carbocycles. The van der Waals surface area contributed by atoms with E-state index in [1.165, 1.54) is 0 Å². The summed E-state index contributed by atoms with van der Waals surface area (Å²) in [7, 11) is 0. The average molecular weight is 124 g/mol. The largest absolute Gasteiger partial charge is 0.395 e. The van der Waals surface area contributed by atoms with E-state index >= 15 is 0 Å². The summed E-state index contributed by atoms with van der Waals surface area (Å²) in [6.07, 6.45) is 8.81. The molecule has 1 N–H and O–H groups in total. The third-order valence-corrected chi connectivity index (χ3v) is 1.19. The molecule has 0 aliphatic carbocycles. The van der Waals surface area contributed by atoms with Gasteiger partial charge in [-0.2, -0.15) is 0 Å². The molecular weight excluding hydrogens is 114 g/mol. The fraction of sp³-hybridized carbons (Fsp3) is 0.429. The van der Waals surface area contributed by atoms with E-state index in [9.17, 15) is 0 Å². The summed E-state index contributed by atoms with van der Waals surface area (Å²) in [5, 5.41) is 8.50. The maximum Gasteiger partial charge on any atom is 0.0607 e. The molecule has 0 bridgehead atoms. The Balaban J connectivity index is 2.28. The number of aliphatic hydroxyl groups is 1. The van der Waals surface area contributed by atoms with E-state index in [4.69, 9.17) is 5.11 Å². The molecule has 2 nitrogen and oxygen atoms in total. The van der Waals surface area contributed by atoms with Crippen LogP contribution in [0.25, 0.3) is 0 Å². The number of hydrogen-bond donors (Lipinski definition) is 1. The van der Waals surface area contributed by atoms with Crippen molar-refractivity contribution in [1.82, 2.24) is 4.90 Å². The van der Waals surface area contributed by atoms with Crippen molar-refractivity contribution >= 4 is 0 Å². The molecule has 1 heterocycles. The predicted octanol–water partition coefficient (Wildman–Crippen LogP) is 0.167. The van der Waals surface area contributed by atoms with Gasteiger partial charge in [-0.3, -0.25) is 0 Å². The molecule has 1 aliphatic rings. The zero-order chi connectivity index (χ0) is 6.53. The Labute approximate surface area is 55.1 Å². The smallest absolute Gasteiger partial charge is 0.0607 e. The van der Waals surface area contributed by atoms with E-state index in [1.54, 1.807) is 0 Å². The summed E-state index contributed by atoms with van der Waals surface area (Å²) < 4.78 is 0. The summed E-state index contributed by atoms with van der Waals surface area (Å²) in [6.45, 7) is 1.76. The molecule has 0 aromatic heterocycles. The third-order valence-electron chi connectivity index (χ3n) is 1.19. The lowest BCUT2D eigenvalue weighted by molar-refractivity contribution is 0.239. The molecular formula is C7H10NO. The van der Waals surface area contributed by atoms with Crippen LogP contribution in [0.4, 0.5) is 0 Å². The van der Waals surface area contributed by atoms with Crippen LogP contribution in [0.3, 0.4) is 0 Å². The van der Waals surface area contributed by atoms with Gasteiger partial charge in [0.2, 0.25) is 0 Å². The number of β-amino-alcohol motifs (C(OH)–C–C–N with tert-alkyl or cyclic N) is 1. The Morgan fingerprint density at radius 3 is 3.11 bits per heavy atom. The van der Waals surface area contributed by atoms with Crippen LogP contribution in [0.15, 0.2) is 18.2 Å². The minimum absolute atomic E-state index is 0.203. The van der Waals surface area contributed by atoms with Crippen LogP contribution in [0, 0.1) is 6.20 Å². The highest BCUT2D eigenvalue weighted by Gasteiger charge is 1.96. The van der Waals surface area contributed by atoms with Gasteiger partial charge in [0.15, 0.2) is 0 Å². The van der Waals surface area contributed by atoms with Gasteiger partial charge in [0.1, 0.15) is 0 Å². The lowest BCUT2D eigenvalue weighted by Crippen LogP contribution is -2.22. The molecule has 49 valence electrons. The van der Waals surface area contributed by atoms with E-state index in [1.807, 2.05) is 23.1 Å². The molecule has 2 heteroatoms.